The Hall–Kier alpha value is -1.59. The lowest BCUT2D eigenvalue weighted by Crippen LogP contribution is -2.55. The molecule has 5 aliphatic rings. The minimum Gasteiger partial charge on any atom is -0.390 e. The number of aromatic nitrogens is 2. The van der Waals surface area contributed by atoms with E-state index in [-0.39, 0.29) is 23.2 Å². The molecule has 6 rings (SSSR count). The summed E-state index contributed by atoms with van der Waals surface area (Å²) < 4.78 is 31.1. The van der Waals surface area contributed by atoms with E-state index < -0.39 is 56.3 Å². The topological polar surface area (TPSA) is 160 Å². The van der Waals surface area contributed by atoms with Crippen molar-refractivity contribution in [1.29, 1.82) is 0 Å². The van der Waals surface area contributed by atoms with E-state index in [0.29, 0.717) is 42.1 Å². The zero-order valence-corrected chi connectivity index (χ0v) is 31.1. The summed E-state index contributed by atoms with van der Waals surface area (Å²) in [7, 11) is -4.52. The largest absolute Gasteiger partial charge is 0.472 e. The SMILES string of the molecule is Cc1cn(C2CC(O)C(COP(=O)(O)OC3CCC4(C)C(=CC(O)C5C4CCC4(C)C(C(C)CCCC(C)C)CCC54)C3)O2)c(=O)[nH]c1=O. The van der Waals surface area contributed by atoms with Gasteiger partial charge in [0.2, 0.25) is 0 Å². The summed E-state index contributed by atoms with van der Waals surface area (Å²) in [5.41, 5.74) is 0.449. The standard InChI is InChI=1S/C37H59N2O9P/c1-21(2)8-7-9-22(3)26-10-11-27-33-28(13-15-37(26,27)6)36(5)14-12-25(16-24(36)17-30(33)41)48-49(44,45)46-20-31-29(40)18-32(47-31)39-19-23(4)34(42)38-35(39)43/h17,19,21-22,25-33,40-41H,7-16,18,20H2,1-6H3,(H,44,45)(H,38,42,43). The van der Waals surface area contributed by atoms with Gasteiger partial charge in [0, 0.05) is 18.2 Å². The first-order valence-corrected chi connectivity index (χ1v) is 20.2. The number of aromatic amines is 1. The highest BCUT2D eigenvalue weighted by Crippen LogP contribution is 2.67. The molecule has 4 fully saturated rings. The summed E-state index contributed by atoms with van der Waals surface area (Å²) in [6.07, 6.45) is 9.99. The van der Waals surface area contributed by atoms with Crippen LogP contribution < -0.4 is 11.2 Å². The number of aryl methyl sites for hydroxylation is 1. The third-order valence-corrected chi connectivity index (χ3v) is 14.7. The Bertz CT molecular complexity index is 1560. The van der Waals surface area contributed by atoms with Gasteiger partial charge in [0.15, 0.2) is 0 Å². The van der Waals surface area contributed by atoms with Crippen molar-refractivity contribution in [1.82, 2.24) is 9.55 Å². The molecule has 0 radical (unpaired) electrons. The lowest BCUT2D eigenvalue weighted by atomic mass is 9.46. The summed E-state index contributed by atoms with van der Waals surface area (Å²) in [5, 5.41) is 22.3. The number of fused-ring (bicyclic) bond motifs is 5. The van der Waals surface area contributed by atoms with Gasteiger partial charge in [0.25, 0.3) is 5.56 Å². The Morgan fingerprint density at radius 2 is 1.84 bits per heavy atom. The maximum absolute atomic E-state index is 13.1. The average Bonchev–Trinajstić information content (AvgIpc) is 3.57. The number of ether oxygens (including phenoxy) is 1. The van der Waals surface area contributed by atoms with E-state index in [9.17, 15) is 29.3 Å². The van der Waals surface area contributed by atoms with Crippen molar-refractivity contribution < 1.29 is 33.5 Å². The van der Waals surface area contributed by atoms with Gasteiger partial charge in [0.05, 0.1) is 24.9 Å². The predicted octanol–water partition coefficient (Wildman–Crippen LogP) is 6.01. The Labute approximate surface area is 290 Å². The van der Waals surface area contributed by atoms with Gasteiger partial charge in [-0.2, -0.15) is 0 Å². The lowest BCUT2D eigenvalue weighted by molar-refractivity contribution is -0.0973. The van der Waals surface area contributed by atoms with Crippen molar-refractivity contribution in [2.24, 2.45) is 46.3 Å². The van der Waals surface area contributed by atoms with Crippen LogP contribution in [0.1, 0.15) is 117 Å². The van der Waals surface area contributed by atoms with Crippen molar-refractivity contribution in [2.75, 3.05) is 6.61 Å². The lowest BCUT2D eigenvalue weighted by Gasteiger charge is -2.59. The maximum Gasteiger partial charge on any atom is 0.472 e. The van der Waals surface area contributed by atoms with Crippen LogP contribution >= 0.6 is 7.82 Å². The van der Waals surface area contributed by atoms with Gasteiger partial charge < -0.3 is 19.8 Å². The van der Waals surface area contributed by atoms with Gasteiger partial charge in [-0.1, -0.05) is 65.5 Å². The summed E-state index contributed by atoms with van der Waals surface area (Å²) >= 11 is 0. The van der Waals surface area contributed by atoms with Gasteiger partial charge in [-0.05, 0) is 98.2 Å². The number of hydrogen-bond acceptors (Lipinski definition) is 8. The van der Waals surface area contributed by atoms with Crippen LogP contribution in [0.4, 0.5) is 0 Å². The molecule has 49 heavy (non-hydrogen) atoms. The summed E-state index contributed by atoms with van der Waals surface area (Å²) in [6.45, 7) is 13.1. The fourth-order valence-corrected chi connectivity index (χ4v) is 11.9. The zero-order chi connectivity index (χ0) is 35.5. The molecule has 3 saturated carbocycles. The Kier molecular flexibility index (Phi) is 10.7. The van der Waals surface area contributed by atoms with Crippen molar-refractivity contribution >= 4 is 7.82 Å². The van der Waals surface area contributed by atoms with Gasteiger partial charge in [-0.25, -0.2) is 9.36 Å². The van der Waals surface area contributed by atoms with Gasteiger partial charge in [0.1, 0.15) is 12.3 Å². The second kappa shape index (κ2) is 14.1. The second-order valence-corrected chi connectivity index (χ2v) is 18.5. The average molecular weight is 707 g/mol. The molecule has 11 nitrogen and oxygen atoms in total. The van der Waals surface area contributed by atoms with Crippen molar-refractivity contribution in [2.45, 2.75) is 143 Å². The molecule has 0 amide bonds. The molecule has 0 aromatic carbocycles. The van der Waals surface area contributed by atoms with E-state index in [1.165, 1.54) is 49.3 Å². The van der Waals surface area contributed by atoms with Crippen LogP contribution in [0.15, 0.2) is 27.4 Å². The van der Waals surface area contributed by atoms with Gasteiger partial charge in [-0.15, -0.1) is 0 Å². The number of aliphatic hydroxyl groups is 2. The van der Waals surface area contributed by atoms with E-state index in [1.807, 2.05) is 6.08 Å². The molecule has 1 aromatic rings. The Balaban J connectivity index is 1.06. The highest BCUT2D eigenvalue weighted by Gasteiger charge is 2.61. The molecule has 1 saturated heterocycles. The molecule has 0 spiro atoms. The number of H-pyrrole nitrogens is 1. The monoisotopic (exact) mass is 706 g/mol. The molecule has 1 aromatic heterocycles. The molecule has 4 aliphatic carbocycles. The van der Waals surface area contributed by atoms with E-state index in [4.69, 9.17) is 13.8 Å². The molecular weight excluding hydrogens is 647 g/mol. The Morgan fingerprint density at radius 1 is 1.08 bits per heavy atom. The fraction of sp³-hybridized carbons (Fsp3) is 0.838. The molecule has 2 heterocycles. The molecule has 12 heteroatoms. The number of aliphatic hydroxyl groups excluding tert-OH is 2. The number of rotatable bonds is 11. The van der Waals surface area contributed by atoms with Crippen molar-refractivity contribution in [3.05, 3.63) is 44.2 Å². The first kappa shape index (κ1) is 37.2. The minimum atomic E-state index is -4.52. The molecular formula is C37H59N2O9P. The summed E-state index contributed by atoms with van der Waals surface area (Å²) in [5.74, 6) is 3.27. The van der Waals surface area contributed by atoms with E-state index >= 15 is 0 Å². The second-order valence-electron chi connectivity index (χ2n) is 17.1. The summed E-state index contributed by atoms with van der Waals surface area (Å²) in [4.78, 5) is 36.9. The number of phosphoric ester groups is 1. The van der Waals surface area contributed by atoms with Crippen LogP contribution in [0.25, 0.3) is 0 Å². The normalized spacial score (nSPS) is 40.7. The number of phosphoric acid groups is 1. The van der Waals surface area contributed by atoms with Crippen LogP contribution in [0.5, 0.6) is 0 Å². The molecule has 1 aliphatic heterocycles. The van der Waals surface area contributed by atoms with E-state index in [0.717, 1.165) is 24.3 Å². The van der Waals surface area contributed by atoms with Crippen LogP contribution in [-0.4, -0.2) is 55.7 Å². The zero-order valence-electron chi connectivity index (χ0n) is 30.2. The van der Waals surface area contributed by atoms with E-state index in [1.54, 1.807) is 6.92 Å². The molecule has 13 unspecified atom stereocenters. The predicted molar refractivity (Wildman–Crippen MR) is 186 cm³/mol. The van der Waals surface area contributed by atoms with Crippen LogP contribution in [0, 0.1) is 53.3 Å². The van der Waals surface area contributed by atoms with Crippen LogP contribution in [0.3, 0.4) is 0 Å². The third kappa shape index (κ3) is 7.24. The molecule has 13 atom stereocenters. The first-order chi connectivity index (χ1) is 23.0. The first-order valence-electron chi connectivity index (χ1n) is 18.7. The number of nitrogens with zero attached hydrogens (tertiary/aromatic N) is 1. The van der Waals surface area contributed by atoms with E-state index in [2.05, 4.69) is 39.6 Å². The van der Waals surface area contributed by atoms with Crippen LogP contribution in [0.2, 0.25) is 0 Å². The summed E-state index contributed by atoms with van der Waals surface area (Å²) in [6, 6.07) is 0. The highest BCUT2D eigenvalue weighted by molar-refractivity contribution is 7.47. The van der Waals surface area contributed by atoms with Crippen molar-refractivity contribution in [3.8, 4) is 0 Å². The molecule has 4 N–H and O–H groups in total. The van der Waals surface area contributed by atoms with Crippen molar-refractivity contribution in [3.63, 3.8) is 0 Å². The van der Waals surface area contributed by atoms with Crippen LogP contribution in [-0.2, 0) is 18.3 Å². The molecule has 276 valence electrons. The molecule has 0 bridgehead atoms. The third-order valence-electron chi connectivity index (χ3n) is 13.6. The maximum atomic E-state index is 13.1. The quantitative estimate of drug-likeness (QED) is 0.160. The fourth-order valence-electron chi connectivity index (χ4n) is 11.0. The Morgan fingerprint density at radius 3 is 2.57 bits per heavy atom. The van der Waals surface area contributed by atoms with Gasteiger partial charge >= 0.3 is 13.5 Å². The highest BCUT2D eigenvalue weighted by atomic mass is 31.2. The smallest absolute Gasteiger partial charge is 0.390 e. The van der Waals surface area contributed by atoms with Gasteiger partial charge in [-0.3, -0.25) is 23.4 Å². The minimum absolute atomic E-state index is 0.0494. The number of nitrogens with one attached hydrogen (secondary N) is 1. The number of hydrogen-bond donors (Lipinski definition) is 4.